The molecule has 6 nitrogen and oxygen atoms in total. The molecule has 1 aromatic heterocycles. The molecule has 1 aliphatic rings. The molecule has 0 saturated carbocycles. The maximum absolute atomic E-state index is 12.8. The van der Waals surface area contributed by atoms with Crippen LogP contribution in [0.1, 0.15) is 32.6 Å². The molecule has 26 heavy (non-hydrogen) atoms. The Labute approximate surface area is 158 Å². The van der Waals surface area contributed by atoms with Gasteiger partial charge in [0.2, 0.25) is 5.91 Å². The lowest BCUT2D eigenvalue weighted by Crippen LogP contribution is -2.37. The Morgan fingerprint density at radius 1 is 1.15 bits per heavy atom. The van der Waals surface area contributed by atoms with E-state index in [-0.39, 0.29) is 11.2 Å². The van der Waals surface area contributed by atoms with E-state index in [4.69, 9.17) is 4.74 Å². The molecule has 1 saturated heterocycles. The van der Waals surface area contributed by atoms with E-state index in [2.05, 4.69) is 10.2 Å². The first kappa shape index (κ1) is 18.8. The molecule has 1 fully saturated rings. The number of hydrogen-bond donors (Lipinski definition) is 0. The van der Waals surface area contributed by atoms with Gasteiger partial charge in [0.1, 0.15) is 5.75 Å². The number of nitrogens with zero attached hydrogens (tertiary/aromatic N) is 4. The Morgan fingerprint density at radius 3 is 2.54 bits per heavy atom. The van der Waals surface area contributed by atoms with Gasteiger partial charge in [-0.3, -0.25) is 4.79 Å². The maximum atomic E-state index is 12.8. The molecule has 7 heteroatoms. The predicted octanol–water partition coefficient (Wildman–Crippen LogP) is 3.37. The Kier molecular flexibility index (Phi) is 6.19. The second-order valence-corrected chi connectivity index (χ2v) is 7.87. The number of likely N-dealkylation sites (tertiary alicyclic amines) is 1. The number of amides is 1. The summed E-state index contributed by atoms with van der Waals surface area (Å²) in [5, 5.41) is 9.18. The number of para-hydroxylation sites is 1. The summed E-state index contributed by atoms with van der Waals surface area (Å²) in [7, 11) is 3.57. The number of hydrogen-bond acceptors (Lipinski definition) is 5. The van der Waals surface area contributed by atoms with Crippen LogP contribution in [-0.4, -0.2) is 51.0 Å². The van der Waals surface area contributed by atoms with Crippen molar-refractivity contribution in [1.82, 2.24) is 19.7 Å². The minimum Gasteiger partial charge on any atom is -0.496 e. The van der Waals surface area contributed by atoms with Gasteiger partial charge in [0.05, 0.1) is 17.9 Å². The van der Waals surface area contributed by atoms with Gasteiger partial charge in [-0.1, -0.05) is 36.7 Å². The minimum atomic E-state index is -0.179. The molecule has 1 aliphatic heterocycles. The molecule has 140 valence electrons. The molecule has 0 bridgehead atoms. The lowest BCUT2D eigenvalue weighted by Gasteiger charge is -2.23. The average molecular weight is 375 g/mol. The molecular formula is C19H26N4O2S. The van der Waals surface area contributed by atoms with Crippen LogP contribution >= 0.6 is 11.8 Å². The molecule has 0 aliphatic carbocycles. The van der Waals surface area contributed by atoms with Gasteiger partial charge in [0, 0.05) is 20.1 Å². The third-order valence-electron chi connectivity index (χ3n) is 4.73. The highest BCUT2D eigenvalue weighted by molar-refractivity contribution is 8.00. The van der Waals surface area contributed by atoms with Gasteiger partial charge in [-0.05, 0) is 31.9 Å². The van der Waals surface area contributed by atoms with Gasteiger partial charge >= 0.3 is 0 Å². The molecular weight excluding hydrogens is 348 g/mol. The number of methoxy groups -OCH3 is 1. The number of ether oxygens (including phenoxy) is 1. The molecule has 1 aromatic carbocycles. The molecule has 2 aromatic rings. The van der Waals surface area contributed by atoms with Gasteiger partial charge in [0.25, 0.3) is 0 Å². The van der Waals surface area contributed by atoms with E-state index in [0.717, 1.165) is 48.2 Å². The van der Waals surface area contributed by atoms with Crippen LogP contribution in [0, 0.1) is 0 Å². The zero-order chi connectivity index (χ0) is 18.5. The van der Waals surface area contributed by atoms with Crippen LogP contribution in [0.15, 0.2) is 29.4 Å². The van der Waals surface area contributed by atoms with Crippen LogP contribution in [0.25, 0.3) is 11.4 Å². The van der Waals surface area contributed by atoms with Crippen molar-refractivity contribution >= 4 is 17.7 Å². The number of aromatic nitrogens is 3. The van der Waals surface area contributed by atoms with Crippen LogP contribution in [0.2, 0.25) is 0 Å². The molecule has 0 N–H and O–H groups in total. The number of carbonyl (C=O) groups excluding carboxylic acids is 1. The van der Waals surface area contributed by atoms with Gasteiger partial charge in [-0.2, -0.15) is 0 Å². The molecule has 1 amide bonds. The molecule has 0 unspecified atom stereocenters. The largest absolute Gasteiger partial charge is 0.496 e. The minimum absolute atomic E-state index is 0.179. The Bertz CT molecular complexity index is 754. The molecule has 0 radical (unpaired) electrons. The van der Waals surface area contributed by atoms with E-state index < -0.39 is 0 Å². The van der Waals surface area contributed by atoms with Gasteiger partial charge in [-0.15, -0.1) is 10.2 Å². The topological polar surface area (TPSA) is 60.3 Å². The fourth-order valence-electron chi connectivity index (χ4n) is 3.24. The van der Waals surface area contributed by atoms with Crippen molar-refractivity contribution in [1.29, 1.82) is 0 Å². The first-order chi connectivity index (χ1) is 12.6. The monoisotopic (exact) mass is 374 g/mol. The lowest BCUT2D eigenvalue weighted by molar-refractivity contribution is -0.130. The van der Waals surface area contributed by atoms with Crippen LogP contribution in [-0.2, 0) is 11.8 Å². The van der Waals surface area contributed by atoms with Crippen molar-refractivity contribution in [3.05, 3.63) is 24.3 Å². The van der Waals surface area contributed by atoms with E-state index in [0.29, 0.717) is 0 Å². The van der Waals surface area contributed by atoms with Crippen LogP contribution in [0.4, 0.5) is 0 Å². The van der Waals surface area contributed by atoms with Crippen molar-refractivity contribution in [3.63, 3.8) is 0 Å². The third kappa shape index (κ3) is 4.03. The first-order valence-corrected chi connectivity index (χ1v) is 9.98. The summed E-state index contributed by atoms with van der Waals surface area (Å²) in [6, 6.07) is 7.74. The average Bonchev–Trinajstić information content (AvgIpc) is 2.87. The van der Waals surface area contributed by atoms with E-state index >= 15 is 0 Å². The molecule has 1 atom stereocenters. The third-order valence-corrected chi connectivity index (χ3v) is 5.85. The van der Waals surface area contributed by atoms with Gasteiger partial charge in [0.15, 0.2) is 11.0 Å². The van der Waals surface area contributed by atoms with Crippen molar-refractivity contribution in [3.8, 4) is 17.1 Å². The predicted molar refractivity (Wildman–Crippen MR) is 103 cm³/mol. The quantitative estimate of drug-likeness (QED) is 0.751. The molecule has 3 rings (SSSR count). The maximum Gasteiger partial charge on any atom is 0.235 e. The summed E-state index contributed by atoms with van der Waals surface area (Å²) in [4.78, 5) is 14.8. The SMILES string of the molecule is COc1ccccc1-c1nnc(S[C@H](C)C(=O)N2CCCCCC2)n1C. The summed E-state index contributed by atoms with van der Waals surface area (Å²) in [5.41, 5.74) is 0.892. The van der Waals surface area contributed by atoms with Crippen molar-refractivity contribution in [2.45, 2.75) is 43.0 Å². The first-order valence-electron chi connectivity index (χ1n) is 9.10. The van der Waals surface area contributed by atoms with Crippen molar-refractivity contribution < 1.29 is 9.53 Å². The van der Waals surface area contributed by atoms with Crippen LogP contribution in [0.5, 0.6) is 5.75 Å². The summed E-state index contributed by atoms with van der Waals surface area (Å²) in [5.74, 6) is 1.69. The molecule has 2 heterocycles. The molecule has 0 spiro atoms. The number of rotatable bonds is 5. The standard InChI is InChI=1S/C19H26N4O2S/c1-14(18(24)23-12-8-4-5-9-13-23)26-19-21-20-17(22(19)2)15-10-6-7-11-16(15)25-3/h6-7,10-11,14H,4-5,8-9,12-13H2,1-3H3/t14-/m1/s1. The highest BCUT2D eigenvalue weighted by atomic mass is 32.2. The number of benzene rings is 1. The fraction of sp³-hybridized carbons (Fsp3) is 0.526. The van der Waals surface area contributed by atoms with E-state index in [1.165, 1.54) is 24.6 Å². The Balaban J connectivity index is 1.74. The number of carbonyl (C=O) groups is 1. The van der Waals surface area contributed by atoms with Gasteiger partial charge < -0.3 is 14.2 Å². The second-order valence-electron chi connectivity index (χ2n) is 6.57. The Morgan fingerprint density at radius 2 is 1.85 bits per heavy atom. The van der Waals surface area contributed by atoms with E-state index in [1.807, 2.05) is 47.7 Å². The smallest absolute Gasteiger partial charge is 0.235 e. The van der Waals surface area contributed by atoms with E-state index in [9.17, 15) is 4.79 Å². The van der Waals surface area contributed by atoms with Crippen molar-refractivity contribution in [2.75, 3.05) is 20.2 Å². The zero-order valence-corrected chi connectivity index (χ0v) is 16.5. The van der Waals surface area contributed by atoms with Crippen molar-refractivity contribution in [2.24, 2.45) is 7.05 Å². The highest BCUT2D eigenvalue weighted by Crippen LogP contribution is 2.31. The Hall–Kier alpha value is -2.02. The summed E-state index contributed by atoms with van der Waals surface area (Å²) >= 11 is 1.47. The second kappa shape index (κ2) is 8.58. The van der Waals surface area contributed by atoms with E-state index in [1.54, 1.807) is 7.11 Å². The summed E-state index contributed by atoms with van der Waals surface area (Å²) < 4.78 is 7.35. The van der Waals surface area contributed by atoms with Crippen LogP contribution in [0.3, 0.4) is 0 Å². The fourth-order valence-corrected chi connectivity index (χ4v) is 4.14. The highest BCUT2D eigenvalue weighted by Gasteiger charge is 2.25. The van der Waals surface area contributed by atoms with Gasteiger partial charge in [-0.25, -0.2) is 0 Å². The lowest BCUT2D eigenvalue weighted by atomic mass is 10.2. The summed E-state index contributed by atoms with van der Waals surface area (Å²) in [6.07, 6.45) is 4.64. The zero-order valence-electron chi connectivity index (χ0n) is 15.6. The summed E-state index contributed by atoms with van der Waals surface area (Å²) in [6.45, 7) is 3.69. The normalized spacial score (nSPS) is 16.2. The number of thioether (sulfide) groups is 1. The van der Waals surface area contributed by atoms with Crippen LogP contribution < -0.4 is 4.74 Å².